The molecule has 1 unspecified atom stereocenters. The molecule has 2 aromatic heterocycles. The van der Waals surface area contributed by atoms with Gasteiger partial charge in [-0.3, -0.25) is 9.78 Å². The Morgan fingerprint density at radius 2 is 1.60 bits per heavy atom. The number of piperidine rings is 1. The monoisotopic (exact) mass is 674 g/mol. The maximum atomic E-state index is 13.9. The van der Waals surface area contributed by atoms with Crippen LogP contribution in [-0.2, 0) is 12.0 Å². The van der Waals surface area contributed by atoms with Crippen LogP contribution in [0.1, 0.15) is 47.3 Å². The topological polar surface area (TPSA) is 94.0 Å². The van der Waals surface area contributed by atoms with E-state index < -0.39 is 0 Å². The van der Waals surface area contributed by atoms with E-state index in [0.29, 0.717) is 48.5 Å². The molecule has 0 aliphatic carbocycles. The molecule has 1 amide bonds. The summed E-state index contributed by atoms with van der Waals surface area (Å²) in [4.78, 5) is 28.0. The minimum Gasteiger partial charge on any atom is -0.493 e. The lowest BCUT2D eigenvalue weighted by Crippen LogP contribution is -2.42. The molecule has 0 bridgehead atoms. The summed E-state index contributed by atoms with van der Waals surface area (Å²) >= 11 is 0. The highest BCUT2D eigenvalue weighted by atomic mass is 16.5. The van der Waals surface area contributed by atoms with Crippen molar-refractivity contribution in [3.8, 4) is 17.2 Å². The van der Waals surface area contributed by atoms with Gasteiger partial charge in [-0.25, -0.2) is 4.98 Å². The Hall–Kier alpha value is -5.09. The van der Waals surface area contributed by atoms with E-state index in [1.54, 1.807) is 33.5 Å². The Bertz CT molecular complexity index is 1880. The van der Waals surface area contributed by atoms with Gasteiger partial charge < -0.3 is 33.9 Å². The average molecular weight is 675 g/mol. The van der Waals surface area contributed by atoms with Crippen molar-refractivity contribution < 1.29 is 19.0 Å². The van der Waals surface area contributed by atoms with Gasteiger partial charge in [0.25, 0.3) is 5.91 Å². The lowest BCUT2D eigenvalue weighted by molar-refractivity contribution is 0.0779. The van der Waals surface area contributed by atoms with Gasteiger partial charge in [-0.05, 0) is 74.2 Å². The number of hydrogen-bond donors (Lipinski definition) is 1. The molecule has 50 heavy (non-hydrogen) atoms. The second-order valence-electron chi connectivity index (χ2n) is 13.4. The number of carbonyl (C=O) groups is 1. The Morgan fingerprint density at radius 3 is 2.30 bits per heavy atom. The molecule has 0 saturated carbocycles. The molecule has 7 rings (SSSR count). The Kier molecular flexibility index (Phi) is 9.89. The second-order valence-corrected chi connectivity index (χ2v) is 13.4. The van der Waals surface area contributed by atoms with Gasteiger partial charge in [0, 0.05) is 49.4 Å². The first kappa shape index (κ1) is 33.4. The van der Waals surface area contributed by atoms with Gasteiger partial charge in [0.2, 0.25) is 11.7 Å². The van der Waals surface area contributed by atoms with Crippen LogP contribution in [0.4, 0.5) is 5.95 Å². The van der Waals surface area contributed by atoms with Crippen molar-refractivity contribution in [3.05, 3.63) is 108 Å². The molecular formula is C40H46N6O4. The number of ether oxygens (including phenoxy) is 3. The number of nitrogens with one attached hydrogen (secondary N) is 1. The van der Waals surface area contributed by atoms with Crippen LogP contribution in [0.2, 0.25) is 0 Å². The summed E-state index contributed by atoms with van der Waals surface area (Å²) in [5.74, 6) is 2.32. The fourth-order valence-corrected chi connectivity index (χ4v) is 7.66. The lowest BCUT2D eigenvalue weighted by Gasteiger charge is -2.36. The SMILES string of the molecule is COc1cc(C(=O)N2CCC(CCN3CCC(Nc4nc5ccccc5n4Cc4ccccn4)CC3)(c3ccccc3)C2)cc(OC)c1OC. The first-order valence-electron chi connectivity index (χ1n) is 17.5. The van der Waals surface area contributed by atoms with Crippen LogP contribution in [0.15, 0.2) is 91.1 Å². The summed E-state index contributed by atoms with van der Waals surface area (Å²) in [7, 11) is 4.71. The van der Waals surface area contributed by atoms with E-state index in [1.807, 2.05) is 29.3 Å². The molecule has 0 spiro atoms. The van der Waals surface area contributed by atoms with E-state index in [-0.39, 0.29) is 11.3 Å². The van der Waals surface area contributed by atoms with Crippen molar-refractivity contribution in [2.24, 2.45) is 0 Å². The normalized spacial score (nSPS) is 18.3. The van der Waals surface area contributed by atoms with Crippen molar-refractivity contribution >= 4 is 22.9 Å². The van der Waals surface area contributed by atoms with Crippen molar-refractivity contribution in [1.82, 2.24) is 24.3 Å². The largest absolute Gasteiger partial charge is 0.493 e. The smallest absolute Gasteiger partial charge is 0.254 e. The summed E-state index contributed by atoms with van der Waals surface area (Å²) in [5, 5.41) is 3.80. The number of pyridine rings is 1. The molecule has 5 aromatic rings. The number of methoxy groups -OCH3 is 3. The van der Waals surface area contributed by atoms with Crippen LogP contribution in [0, 0.1) is 0 Å². The quantitative estimate of drug-likeness (QED) is 0.166. The molecule has 1 atom stereocenters. The van der Waals surface area contributed by atoms with E-state index in [1.165, 1.54) is 5.56 Å². The highest BCUT2D eigenvalue weighted by Crippen LogP contribution is 2.41. The number of nitrogens with zero attached hydrogens (tertiary/aromatic N) is 5. The van der Waals surface area contributed by atoms with E-state index >= 15 is 0 Å². The zero-order valence-electron chi connectivity index (χ0n) is 29.2. The van der Waals surface area contributed by atoms with Crippen LogP contribution in [0.25, 0.3) is 11.0 Å². The van der Waals surface area contributed by atoms with Crippen LogP contribution < -0.4 is 19.5 Å². The van der Waals surface area contributed by atoms with Gasteiger partial charge in [-0.2, -0.15) is 0 Å². The minimum atomic E-state index is -0.122. The highest BCUT2D eigenvalue weighted by molar-refractivity contribution is 5.96. The van der Waals surface area contributed by atoms with Crippen LogP contribution >= 0.6 is 0 Å². The highest BCUT2D eigenvalue weighted by Gasteiger charge is 2.42. The number of hydrogen-bond acceptors (Lipinski definition) is 8. The summed E-state index contributed by atoms with van der Waals surface area (Å²) in [6.07, 6.45) is 5.81. The number of rotatable bonds is 12. The molecule has 3 aromatic carbocycles. The van der Waals surface area contributed by atoms with Crippen molar-refractivity contribution in [3.63, 3.8) is 0 Å². The van der Waals surface area contributed by atoms with Gasteiger partial charge in [-0.1, -0.05) is 48.5 Å². The number of likely N-dealkylation sites (tertiary alicyclic amines) is 2. The fraction of sp³-hybridized carbons (Fsp3) is 0.375. The number of para-hydroxylation sites is 2. The van der Waals surface area contributed by atoms with Gasteiger partial charge in [0.1, 0.15) is 0 Å². The predicted molar refractivity (Wildman–Crippen MR) is 196 cm³/mol. The number of amides is 1. The molecule has 2 aliphatic rings. The molecule has 2 saturated heterocycles. The molecule has 260 valence electrons. The fourth-order valence-electron chi connectivity index (χ4n) is 7.66. The average Bonchev–Trinajstić information content (AvgIpc) is 3.76. The lowest BCUT2D eigenvalue weighted by atomic mass is 9.76. The van der Waals surface area contributed by atoms with Gasteiger partial charge in [0.05, 0.1) is 44.6 Å². The molecule has 2 aliphatic heterocycles. The molecule has 10 nitrogen and oxygen atoms in total. The number of aromatic nitrogens is 3. The number of fused-ring (bicyclic) bond motifs is 1. The summed E-state index contributed by atoms with van der Waals surface area (Å²) in [6, 6.07) is 28.9. The third kappa shape index (κ3) is 6.85. The predicted octanol–water partition coefficient (Wildman–Crippen LogP) is 6.26. The number of benzene rings is 3. The Morgan fingerprint density at radius 1 is 0.880 bits per heavy atom. The summed E-state index contributed by atoms with van der Waals surface area (Å²) in [6.45, 7) is 5.02. The number of imidazole rings is 1. The minimum absolute atomic E-state index is 0.0250. The number of carbonyl (C=O) groups excluding carboxylic acids is 1. The molecular weight excluding hydrogens is 628 g/mol. The van der Waals surface area contributed by atoms with Gasteiger partial charge in [-0.15, -0.1) is 0 Å². The zero-order chi connectivity index (χ0) is 34.5. The third-order valence-corrected chi connectivity index (χ3v) is 10.5. The molecule has 4 heterocycles. The molecule has 2 fully saturated rings. The summed E-state index contributed by atoms with van der Waals surface area (Å²) in [5.41, 5.74) is 4.82. The first-order chi connectivity index (χ1) is 24.5. The van der Waals surface area contributed by atoms with Crippen molar-refractivity contribution in [1.29, 1.82) is 0 Å². The standard InChI is InChI=1S/C40H46N6O4/c1-48-35-25-29(26-36(49-2)37(35)50-3)38(47)45-24-19-40(28-45,30-11-5-4-6-12-30)18-23-44-21-16-31(17-22-44)42-39-43-33-14-7-8-15-34(33)46(39)27-32-13-9-10-20-41-32/h4-15,20,25-26,31H,16-19,21-24,27-28H2,1-3H3,(H,42,43). The molecule has 10 heteroatoms. The Balaban J connectivity index is 1.01. The van der Waals surface area contributed by atoms with Crippen molar-refractivity contribution in [2.75, 3.05) is 59.4 Å². The van der Waals surface area contributed by atoms with Crippen molar-refractivity contribution in [2.45, 2.75) is 43.7 Å². The van der Waals surface area contributed by atoms with Gasteiger partial charge >= 0.3 is 0 Å². The van der Waals surface area contributed by atoms with Crippen LogP contribution in [0.3, 0.4) is 0 Å². The first-order valence-corrected chi connectivity index (χ1v) is 17.5. The zero-order valence-corrected chi connectivity index (χ0v) is 29.2. The number of anilines is 1. The van der Waals surface area contributed by atoms with Crippen LogP contribution in [0.5, 0.6) is 17.2 Å². The van der Waals surface area contributed by atoms with E-state index in [4.69, 9.17) is 19.2 Å². The van der Waals surface area contributed by atoms with E-state index in [2.05, 4.69) is 74.4 Å². The third-order valence-electron chi connectivity index (χ3n) is 10.5. The van der Waals surface area contributed by atoms with E-state index in [9.17, 15) is 4.79 Å². The molecule has 0 radical (unpaired) electrons. The van der Waals surface area contributed by atoms with Gasteiger partial charge in [0.15, 0.2) is 11.5 Å². The summed E-state index contributed by atoms with van der Waals surface area (Å²) < 4.78 is 18.8. The van der Waals surface area contributed by atoms with Crippen LogP contribution in [-0.4, -0.2) is 90.3 Å². The van der Waals surface area contributed by atoms with E-state index in [0.717, 1.165) is 68.0 Å². The maximum Gasteiger partial charge on any atom is 0.254 e. The second kappa shape index (κ2) is 14.8. The molecule has 1 N–H and O–H groups in total. The maximum absolute atomic E-state index is 13.9. The Labute approximate surface area is 294 Å².